The van der Waals surface area contributed by atoms with Gasteiger partial charge in [-0.1, -0.05) is 6.92 Å². The Morgan fingerprint density at radius 1 is 1.43 bits per heavy atom. The standard InChI is InChI=1S/C15H29N3O2.HI/c1-6-16-14(18-9-7-8-12(2)11-18)17-10-13(19)20-15(3,4)5;/h12H,6-11H2,1-5H3,(H,16,17);1H. The van der Waals surface area contributed by atoms with Crippen molar-refractivity contribution in [3.05, 3.63) is 0 Å². The molecule has 0 radical (unpaired) electrons. The number of carbonyl (C=O) groups excluding carboxylic acids is 1. The zero-order chi connectivity index (χ0) is 15.2. The van der Waals surface area contributed by atoms with Crippen LogP contribution in [0.25, 0.3) is 0 Å². The van der Waals surface area contributed by atoms with Crippen molar-refractivity contribution in [1.82, 2.24) is 10.2 Å². The lowest BCUT2D eigenvalue weighted by molar-refractivity contribution is -0.152. The molecule has 0 aliphatic carbocycles. The molecule has 1 N–H and O–H groups in total. The molecule has 1 fully saturated rings. The maximum absolute atomic E-state index is 11.7. The van der Waals surface area contributed by atoms with Crippen molar-refractivity contribution in [3.8, 4) is 0 Å². The number of nitrogens with zero attached hydrogens (tertiary/aromatic N) is 2. The SMILES string of the molecule is CCNC(=NCC(=O)OC(C)(C)C)N1CCCC(C)C1.I. The van der Waals surface area contributed by atoms with E-state index in [2.05, 4.69) is 22.1 Å². The van der Waals surface area contributed by atoms with Crippen LogP contribution >= 0.6 is 24.0 Å². The Hall–Kier alpha value is -0.530. The van der Waals surface area contributed by atoms with Gasteiger partial charge in [-0.05, 0) is 46.5 Å². The molecule has 1 aliphatic rings. The van der Waals surface area contributed by atoms with Gasteiger partial charge in [0, 0.05) is 19.6 Å². The van der Waals surface area contributed by atoms with Gasteiger partial charge in [0.15, 0.2) is 5.96 Å². The van der Waals surface area contributed by atoms with Crippen LogP contribution in [0.5, 0.6) is 0 Å². The number of piperidine rings is 1. The number of esters is 1. The van der Waals surface area contributed by atoms with E-state index in [1.165, 1.54) is 12.8 Å². The van der Waals surface area contributed by atoms with Crippen LogP contribution < -0.4 is 5.32 Å². The number of carbonyl (C=O) groups is 1. The van der Waals surface area contributed by atoms with Gasteiger partial charge in [0.25, 0.3) is 0 Å². The smallest absolute Gasteiger partial charge is 0.328 e. The molecule has 1 unspecified atom stereocenters. The van der Waals surface area contributed by atoms with E-state index in [9.17, 15) is 4.79 Å². The van der Waals surface area contributed by atoms with Gasteiger partial charge in [-0.2, -0.15) is 0 Å². The van der Waals surface area contributed by atoms with Gasteiger partial charge in [-0.15, -0.1) is 24.0 Å². The minimum Gasteiger partial charge on any atom is -0.459 e. The number of guanidine groups is 1. The Balaban J connectivity index is 0.00000400. The summed E-state index contributed by atoms with van der Waals surface area (Å²) in [6.45, 7) is 12.8. The van der Waals surface area contributed by atoms with E-state index in [0.29, 0.717) is 5.92 Å². The fraction of sp³-hybridized carbons (Fsp3) is 0.867. The summed E-state index contributed by atoms with van der Waals surface area (Å²) in [5, 5.41) is 3.26. The third-order valence-corrected chi connectivity index (χ3v) is 3.07. The predicted octanol–water partition coefficient (Wildman–Crippen LogP) is 2.64. The van der Waals surface area contributed by atoms with E-state index < -0.39 is 5.60 Å². The van der Waals surface area contributed by atoms with E-state index in [0.717, 1.165) is 25.6 Å². The summed E-state index contributed by atoms with van der Waals surface area (Å²) in [5.74, 6) is 1.22. The maximum Gasteiger partial charge on any atom is 0.328 e. The topological polar surface area (TPSA) is 53.9 Å². The molecule has 6 heteroatoms. The molecule has 1 rings (SSSR count). The summed E-state index contributed by atoms with van der Waals surface area (Å²) in [6, 6.07) is 0. The van der Waals surface area contributed by atoms with Crippen molar-refractivity contribution in [1.29, 1.82) is 0 Å². The average molecular weight is 411 g/mol. The minimum absolute atomic E-state index is 0. The molecule has 0 aromatic heterocycles. The van der Waals surface area contributed by atoms with Crippen LogP contribution in [0.3, 0.4) is 0 Å². The molecule has 21 heavy (non-hydrogen) atoms. The fourth-order valence-electron chi connectivity index (χ4n) is 2.32. The maximum atomic E-state index is 11.7. The monoisotopic (exact) mass is 411 g/mol. The van der Waals surface area contributed by atoms with Gasteiger partial charge in [0.1, 0.15) is 12.1 Å². The van der Waals surface area contributed by atoms with Gasteiger partial charge in [-0.25, -0.2) is 4.99 Å². The number of nitrogens with one attached hydrogen (secondary N) is 1. The molecule has 124 valence electrons. The van der Waals surface area contributed by atoms with Crippen molar-refractivity contribution in [2.45, 2.75) is 53.1 Å². The third-order valence-electron chi connectivity index (χ3n) is 3.07. The zero-order valence-corrected chi connectivity index (χ0v) is 16.3. The van der Waals surface area contributed by atoms with Crippen LogP contribution in [0, 0.1) is 5.92 Å². The van der Waals surface area contributed by atoms with E-state index in [-0.39, 0.29) is 36.5 Å². The molecule has 1 aliphatic heterocycles. The number of likely N-dealkylation sites (tertiary alicyclic amines) is 1. The average Bonchev–Trinajstić information content (AvgIpc) is 2.32. The summed E-state index contributed by atoms with van der Waals surface area (Å²) in [4.78, 5) is 18.4. The minimum atomic E-state index is -0.454. The normalized spacial score (nSPS) is 19.8. The van der Waals surface area contributed by atoms with Gasteiger partial charge in [-0.3, -0.25) is 4.79 Å². The summed E-state index contributed by atoms with van der Waals surface area (Å²) in [5.41, 5.74) is -0.454. The second-order valence-corrected chi connectivity index (χ2v) is 6.45. The van der Waals surface area contributed by atoms with Crippen LogP contribution in [-0.4, -0.2) is 48.6 Å². The predicted molar refractivity (Wildman–Crippen MR) is 97.2 cm³/mol. The van der Waals surface area contributed by atoms with Crippen molar-refractivity contribution >= 4 is 35.9 Å². The number of ether oxygens (including phenoxy) is 1. The fourth-order valence-corrected chi connectivity index (χ4v) is 2.32. The van der Waals surface area contributed by atoms with Crippen molar-refractivity contribution in [2.75, 3.05) is 26.2 Å². The van der Waals surface area contributed by atoms with Crippen LogP contribution in [0.1, 0.15) is 47.5 Å². The first-order valence-electron chi connectivity index (χ1n) is 7.57. The Kier molecular flexibility index (Phi) is 9.24. The Morgan fingerprint density at radius 2 is 2.10 bits per heavy atom. The summed E-state index contributed by atoms with van der Waals surface area (Å²) < 4.78 is 5.28. The highest BCUT2D eigenvalue weighted by atomic mass is 127. The molecule has 1 atom stereocenters. The second-order valence-electron chi connectivity index (χ2n) is 6.45. The van der Waals surface area contributed by atoms with Gasteiger partial charge in [0.05, 0.1) is 0 Å². The number of rotatable bonds is 3. The Bertz CT molecular complexity index is 353. The van der Waals surface area contributed by atoms with E-state index in [4.69, 9.17) is 4.74 Å². The van der Waals surface area contributed by atoms with Crippen LogP contribution in [0.15, 0.2) is 4.99 Å². The van der Waals surface area contributed by atoms with Crippen molar-refractivity contribution in [2.24, 2.45) is 10.9 Å². The lowest BCUT2D eigenvalue weighted by Gasteiger charge is -2.33. The lowest BCUT2D eigenvalue weighted by atomic mass is 10.0. The third kappa shape index (κ3) is 8.48. The molecular weight excluding hydrogens is 381 g/mol. The first-order valence-corrected chi connectivity index (χ1v) is 7.57. The van der Waals surface area contributed by atoms with Crippen LogP contribution in [0.2, 0.25) is 0 Å². The number of aliphatic imine (C=N–C) groups is 1. The van der Waals surface area contributed by atoms with Crippen molar-refractivity contribution in [3.63, 3.8) is 0 Å². The second kappa shape index (κ2) is 9.48. The van der Waals surface area contributed by atoms with Gasteiger partial charge >= 0.3 is 5.97 Å². The van der Waals surface area contributed by atoms with Gasteiger partial charge < -0.3 is 15.0 Å². The van der Waals surface area contributed by atoms with Gasteiger partial charge in [0.2, 0.25) is 0 Å². The molecule has 5 nitrogen and oxygen atoms in total. The number of hydrogen-bond donors (Lipinski definition) is 1. The lowest BCUT2D eigenvalue weighted by Crippen LogP contribution is -2.46. The molecule has 0 aromatic rings. The Morgan fingerprint density at radius 3 is 2.62 bits per heavy atom. The molecule has 1 saturated heterocycles. The number of hydrogen-bond acceptors (Lipinski definition) is 3. The summed E-state index contributed by atoms with van der Waals surface area (Å²) in [7, 11) is 0. The van der Waals surface area contributed by atoms with E-state index >= 15 is 0 Å². The van der Waals surface area contributed by atoms with Crippen LogP contribution in [-0.2, 0) is 9.53 Å². The molecule has 0 saturated carbocycles. The highest BCUT2D eigenvalue weighted by molar-refractivity contribution is 14.0. The highest BCUT2D eigenvalue weighted by Crippen LogP contribution is 2.15. The molecule has 0 amide bonds. The molecule has 0 bridgehead atoms. The zero-order valence-electron chi connectivity index (χ0n) is 13.9. The highest BCUT2D eigenvalue weighted by Gasteiger charge is 2.20. The first kappa shape index (κ1) is 20.5. The number of halogens is 1. The Labute approximate surface area is 145 Å². The first-order chi connectivity index (χ1) is 9.31. The summed E-state index contributed by atoms with van der Waals surface area (Å²) >= 11 is 0. The van der Waals surface area contributed by atoms with Crippen molar-refractivity contribution < 1.29 is 9.53 Å². The molecular formula is C15H30IN3O2. The molecule has 0 aromatic carbocycles. The van der Waals surface area contributed by atoms with Crippen LogP contribution in [0.4, 0.5) is 0 Å². The molecule has 1 heterocycles. The van der Waals surface area contributed by atoms with E-state index in [1.807, 2.05) is 27.7 Å². The molecule has 0 spiro atoms. The largest absolute Gasteiger partial charge is 0.459 e. The van der Waals surface area contributed by atoms with E-state index in [1.54, 1.807) is 0 Å². The quantitative estimate of drug-likeness (QED) is 0.336. The summed E-state index contributed by atoms with van der Waals surface area (Å²) in [6.07, 6.45) is 2.44.